The maximum Gasteiger partial charge on any atom is 0.107 e. The van der Waals surface area contributed by atoms with Crippen LogP contribution in [0.25, 0.3) is 11.3 Å². The monoisotopic (exact) mass is 278 g/mol. The molecule has 1 aromatic carbocycles. The molecule has 16 heavy (non-hydrogen) atoms. The Morgan fingerprint density at radius 3 is 2.56 bits per heavy atom. The number of aromatic nitrogens is 2. The van der Waals surface area contributed by atoms with E-state index >= 15 is 0 Å². The van der Waals surface area contributed by atoms with Crippen LogP contribution in [-0.2, 0) is 13.5 Å². The number of aryl methyl sites for hydroxylation is 2. The Kier molecular flexibility index (Phi) is 3.15. The predicted molar refractivity (Wildman–Crippen MR) is 70.5 cm³/mol. The number of benzene rings is 1. The van der Waals surface area contributed by atoms with Gasteiger partial charge in [-0.3, -0.25) is 4.68 Å². The van der Waals surface area contributed by atoms with Gasteiger partial charge in [-0.2, -0.15) is 5.10 Å². The first-order chi connectivity index (χ1) is 7.65. The first kappa shape index (κ1) is 11.4. The summed E-state index contributed by atoms with van der Waals surface area (Å²) < 4.78 is 3.07. The summed E-state index contributed by atoms with van der Waals surface area (Å²) in [5.74, 6) is 0. The Morgan fingerprint density at radius 1 is 1.31 bits per heavy atom. The molecule has 1 aromatic heterocycles. The number of rotatable bonds is 2. The van der Waals surface area contributed by atoms with Crippen LogP contribution in [0.2, 0.25) is 0 Å². The van der Waals surface area contributed by atoms with E-state index in [4.69, 9.17) is 0 Å². The van der Waals surface area contributed by atoms with Gasteiger partial charge in [0, 0.05) is 12.6 Å². The Bertz CT molecular complexity index is 515. The molecule has 3 heteroatoms. The van der Waals surface area contributed by atoms with Gasteiger partial charge in [0.2, 0.25) is 0 Å². The second kappa shape index (κ2) is 4.42. The van der Waals surface area contributed by atoms with Gasteiger partial charge in [-0.05, 0) is 34.8 Å². The van der Waals surface area contributed by atoms with E-state index in [1.807, 2.05) is 11.7 Å². The molecule has 0 saturated carbocycles. The summed E-state index contributed by atoms with van der Waals surface area (Å²) in [6.07, 6.45) is 0.982. The maximum atomic E-state index is 4.58. The molecule has 2 nitrogen and oxygen atoms in total. The minimum absolute atomic E-state index is 0.982. The molecule has 0 aliphatic heterocycles. The van der Waals surface area contributed by atoms with Crippen molar-refractivity contribution in [1.29, 1.82) is 0 Å². The van der Waals surface area contributed by atoms with Crippen molar-refractivity contribution in [2.45, 2.75) is 20.3 Å². The van der Waals surface area contributed by atoms with Gasteiger partial charge in [0.1, 0.15) is 5.69 Å². The first-order valence-electron chi connectivity index (χ1n) is 5.42. The third-order valence-corrected chi connectivity index (χ3v) is 3.67. The molecule has 0 N–H and O–H groups in total. The second-order valence-corrected chi connectivity index (χ2v) is 4.69. The van der Waals surface area contributed by atoms with Gasteiger partial charge in [0.05, 0.1) is 10.2 Å². The molecular weight excluding hydrogens is 264 g/mol. The van der Waals surface area contributed by atoms with Gasteiger partial charge < -0.3 is 0 Å². The summed E-state index contributed by atoms with van der Waals surface area (Å²) in [5, 5.41) is 4.58. The zero-order valence-electron chi connectivity index (χ0n) is 9.79. The molecule has 0 atom stereocenters. The van der Waals surface area contributed by atoms with Gasteiger partial charge in [-0.15, -0.1) is 0 Å². The lowest BCUT2D eigenvalue weighted by atomic mass is 10.1. The van der Waals surface area contributed by atoms with Crippen LogP contribution < -0.4 is 0 Å². The summed E-state index contributed by atoms with van der Waals surface area (Å²) in [7, 11) is 1.99. The van der Waals surface area contributed by atoms with Gasteiger partial charge in [0.15, 0.2) is 0 Å². The number of hydrogen-bond acceptors (Lipinski definition) is 1. The molecule has 0 saturated heterocycles. The molecule has 0 radical (unpaired) electrons. The normalized spacial score (nSPS) is 10.8. The highest BCUT2D eigenvalue weighted by Crippen LogP contribution is 2.31. The van der Waals surface area contributed by atoms with Crippen molar-refractivity contribution in [3.05, 3.63) is 40.0 Å². The van der Waals surface area contributed by atoms with Crippen LogP contribution in [0.15, 0.2) is 28.7 Å². The smallest absolute Gasteiger partial charge is 0.107 e. The van der Waals surface area contributed by atoms with E-state index in [1.165, 1.54) is 16.8 Å². The van der Waals surface area contributed by atoms with E-state index in [-0.39, 0.29) is 0 Å². The fraction of sp³-hybridized carbons (Fsp3) is 0.308. The van der Waals surface area contributed by atoms with Crippen LogP contribution >= 0.6 is 15.9 Å². The SMILES string of the molecule is CCc1c(Br)c(-c2ccccc2C)nn1C. The fourth-order valence-electron chi connectivity index (χ4n) is 1.93. The molecule has 0 unspecified atom stereocenters. The van der Waals surface area contributed by atoms with E-state index in [2.05, 4.69) is 59.1 Å². The van der Waals surface area contributed by atoms with Crippen LogP contribution in [0.5, 0.6) is 0 Å². The van der Waals surface area contributed by atoms with Crippen molar-refractivity contribution >= 4 is 15.9 Å². The average molecular weight is 279 g/mol. The van der Waals surface area contributed by atoms with Crippen molar-refractivity contribution < 1.29 is 0 Å². The van der Waals surface area contributed by atoms with Crippen LogP contribution in [0.1, 0.15) is 18.2 Å². The van der Waals surface area contributed by atoms with E-state index in [1.54, 1.807) is 0 Å². The van der Waals surface area contributed by atoms with Crippen molar-refractivity contribution in [2.75, 3.05) is 0 Å². The third-order valence-electron chi connectivity index (χ3n) is 2.84. The van der Waals surface area contributed by atoms with Gasteiger partial charge in [-0.25, -0.2) is 0 Å². The first-order valence-corrected chi connectivity index (χ1v) is 6.21. The highest BCUT2D eigenvalue weighted by atomic mass is 79.9. The molecule has 0 spiro atoms. The van der Waals surface area contributed by atoms with Crippen molar-refractivity contribution in [2.24, 2.45) is 7.05 Å². The standard InChI is InChI=1S/C13H15BrN2/c1-4-11-12(14)13(15-16(11)3)10-8-6-5-7-9(10)2/h5-8H,4H2,1-3H3. The highest BCUT2D eigenvalue weighted by Gasteiger charge is 2.14. The lowest BCUT2D eigenvalue weighted by Crippen LogP contribution is -1.96. The Labute approximate surface area is 104 Å². The molecule has 0 aliphatic carbocycles. The molecule has 0 aliphatic rings. The molecule has 0 amide bonds. The van der Waals surface area contributed by atoms with Gasteiger partial charge in [-0.1, -0.05) is 31.2 Å². The predicted octanol–water partition coefficient (Wildman–Crippen LogP) is 3.72. The third kappa shape index (κ3) is 1.80. The van der Waals surface area contributed by atoms with Crippen molar-refractivity contribution in [3.63, 3.8) is 0 Å². The van der Waals surface area contributed by atoms with Crippen LogP contribution in [0, 0.1) is 6.92 Å². The quantitative estimate of drug-likeness (QED) is 0.819. The highest BCUT2D eigenvalue weighted by molar-refractivity contribution is 9.10. The summed E-state index contributed by atoms with van der Waals surface area (Å²) in [5.41, 5.74) is 4.73. The minimum atomic E-state index is 0.982. The van der Waals surface area contributed by atoms with Crippen LogP contribution in [0.4, 0.5) is 0 Å². The van der Waals surface area contributed by atoms with E-state index in [0.29, 0.717) is 0 Å². The van der Waals surface area contributed by atoms with E-state index in [9.17, 15) is 0 Å². The van der Waals surface area contributed by atoms with Crippen molar-refractivity contribution in [1.82, 2.24) is 9.78 Å². The Hall–Kier alpha value is -1.09. The van der Waals surface area contributed by atoms with Crippen LogP contribution in [0.3, 0.4) is 0 Å². The average Bonchev–Trinajstić information content (AvgIpc) is 2.55. The van der Waals surface area contributed by atoms with E-state index < -0.39 is 0 Å². The largest absolute Gasteiger partial charge is 0.271 e. The molecule has 0 fully saturated rings. The number of halogens is 1. The lowest BCUT2D eigenvalue weighted by Gasteiger charge is -2.02. The van der Waals surface area contributed by atoms with Crippen molar-refractivity contribution in [3.8, 4) is 11.3 Å². The lowest BCUT2D eigenvalue weighted by molar-refractivity contribution is 0.719. The number of nitrogens with zero attached hydrogens (tertiary/aromatic N) is 2. The summed E-state index contributed by atoms with van der Waals surface area (Å²) >= 11 is 3.65. The zero-order valence-corrected chi connectivity index (χ0v) is 11.4. The fourth-order valence-corrected chi connectivity index (χ4v) is 2.76. The molecule has 0 bridgehead atoms. The summed E-state index contributed by atoms with van der Waals surface area (Å²) in [6, 6.07) is 8.33. The topological polar surface area (TPSA) is 17.8 Å². The molecule has 84 valence electrons. The van der Waals surface area contributed by atoms with Gasteiger partial charge in [0.25, 0.3) is 0 Å². The maximum absolute atomic E-state index is 4.58. The van der Waals surface area contributed by atoms with Gasteiger partial charge >= 0.3 is 0 Å². The summed E-state index contributed by atoms with van der Waals surface area (Å²) in [6.45, 7) is 4.26. The molecule has 1 heterocycles. The Morgan fingerprint density at radius 2 is 2.00 bits per heavy atom. The molecular formula is C13H15BrN2. The molecule has 2 aromatic rings. The zero-order chi connectivity index (χ0) is 11.7. The van der Waals surface area contributed by atoms with E-state index in [0.717, 1.165) is 16.6 Å². The summed E-state index contributed by atoms with van der Waals surface area (Å²) in [4.78, 5) is 0. The second-order valence-electron chi connectivity index (χ2n) is 3.90. The minimum Gasteiger partial charge on any atom is -0.271 e. The molecule has 2 rings (SSSR count). The van der Waals surface area contributed by atoms with Crippen LogP contribution in [-0.4, -0.2) is 9.78 Å². The number of hydrogen-bond donors (Lipinski definition) is 0. The Balaban J connectivity index is 2.62.